The third kappa shape index (κ3) is 9.19. The molecule has 0 bridgehead atoms. The van der Waals surface area contributed by atoms with Crippen molar-refractivity contribution in [2.75, 3.05) is 47.1 Å². The monoisotopic (exact) mass is 393 g/mol. The first kappa shape index (κ1) is 23.9. The van der Waals surface area contributed by atoms with Crippen molar-refractivity contribution in [1.82, 2.24) is 10.2 Å². The molecular formula is C21H35N3O4. The minimum atomic E-state index is -0.287. The molecule has 0 aliphatic carbocycles. The summed E-state index contributed by atoms with van der Waals surface area (Å²) in [6.45, 7) is 10.3. The van der Waals surface area contributed by atoms with Crippen LogP contribution in [0.15, 0.2) is 29.3 Å². The van der Waals surface area contributed by atoms with Crippen LogP contribution in [0, 0.1) is 0 Å². The van der Waals surface area contributed by atoms with Crippen LogP contribution in [0.2, 0.25) is 0 Å². The van der Waals surface area contributed by atoms with E-state index in [2.05, 4.69) is 29.1 Å². The minimum absolute atomic E-state index is 0.0405. The highest BCUT2D eigenvalue weighted by Crippen LogP contribution is 2.12. The van der Waals surface area contributed by atoms with E-state index < -0.39 is 0 Å². The molecule has 0 saturated heterocycles. The smallest absolute Gasteiger partial charge is 0.292 e. The zero-order valence-corrected chi connectivity index (χ0v) is 17.9. The number of methoxy groups -OCH3 is 2. The van der Waals surface area contributed by atoms with E-state index in [0.29, 0.717) is 24.5 Å². The summed E-state index contributed by atoms with van der Waals surface area (Å²) in [5, 5.41) is 2.76. The Labute approximate surface area is 169 Å². The van der Waals surface area contributed by atoms with Crippen molar-refractivity contribution < 1.29 is 19.0 Å². The quantitative estimate of drug-likeness (QED) is 0.336. The summed E-state index contributed by atoms with van der Waals surface area (Å²) < 4.78 is 15.8. The number of hydrogen-bond donors (Lipinski definition) is 1. The number of amidine groups is 1. The van der Waals surface area contributed by atoms with E-state index in [9.17, 15) is 4.79 Å². The maximum absolute atomic E-state index is 12.6. The third-order valence-corrected chi connectivity index (χ3v) is 4.41. The van der Waals surface area contributed by atoms with Gasteiger partial charge in [-0.2, -0.15) is 0 Å². The predicted molar refractivity (Wildman–Crippen MR) is 112 cm³/mol. The van der Waals surface area contributed by atoms with Gasteiger partial charge in [0, 0.05) is 12.7 Å². The van der Waals surface area contributed by atoms with Crippen molar-refractivity contribution >= 4 is 11.9 Å². The fourth-order valence-corrected chi connectivity index (χ4v) is 2.68. The molecule has 28 heavy (non-hydrogen) atoms. The Bertz CT molecular complexity index is 603. The van der Waals surface area contributed by atoms with E-state index in [0.717, 1.165) is 32.5 Å². The number of rotatable bonds is 12. The summed E-state index contributed by atoms with van der Waals surface area (Å²) in [6.07, 6.45) is 1.96. The number of benzene rings is 1. The van der Waals surface area contributed by atoms with Gasteiger partial charge in [-0.25, -0.2) is 4.99 Å². The number of amides is 1. The number of carbonyl (C=O) groups excluding carboxylic acids is 1. The lowest BCUT2D eigenvalue weighted by atomic mass is 10.2. The molecule has 0 radical (unpaired) electrons. The third-order valence-electron chi connectivity index (χ3n) is 4.41. The van der Waals surface area contributed by atoms with E-state index in [1.54, 1.807) is 38.5 Å². The molecule has 0 fully saturated rings. The van der Waals surface area contributed by atoms with Crippen LogP contribution in [0.4, 0.5) is 0 Å². The predicted octanol–water partition coefficient (Wildman–Crippen LogP) is 2.95. The van der Waals surface area contributed by atoms with E-state index in [4.69, 9.17) is 14.2 Å². The summed E-state index contributed by atoms with van der Waals surface area (Å²) in [4.78, 5) is 19.5. The second-order valence-corrected chi connectivity index (χ2v) is 6.48. The summed E-state index contributed by atoms with van der Waals surface area (Å²) in [5.74, 6) is 0.335. The van der Waals surface area contributed by atoms with E-state index in [1.807, 2.05) is 6.92 Å². The molecule has 1 rings (SSSR count). The Hall–Kier alpha value is -2.12. The van der Waals surface area contributed by atoms with Crippen molar-refractivity contribution in [3.63, 3.8) is 0 Å². The van der Waals surface area contributed by atoms with Crippen LogP contribution in [0.3, 0.4) is 0 Å². The number of carbonyl (C=O) groups is 1. The van der Waals surface area contributed by atoms with E-state index >= 15 is 0 Å². The van der Waals surface area contributed by atoms with E-state index in [-0.39, 0.29) is 18.0 Å². The molecule has 1 aromatic carbocycles. The van der Waals surface area contributed by atoms with Gasteiger partial charge in [-0.3, -0.25) is 10.1 Å². The fourth-order valence-electron chi connectivity index (χ4n) is 2.68. The molecule has 7 nitrogen and oxygen atoms in total. The fraction of sp³-hybridized carbons (Fsp3) is 0.619. The SMILES string of the molecule is CCN(CC)CCC[C@@H](C)N=C(NC(=O)c1cccc(OC)c1)OCCOC. The number of hydrogen-bond acceptors (Lipinski definition) is 6. The Morgan fingerprint density at radius 3 is 2.61 bits per heavy atom. The van der Waals surface area contributed by atoms with Gasteiger partial charge in [-0.15, -0.1) is 0 Å². The molecule has 0 spiro atoms. The Morgan fingerprint density at radius 2 is 1.96 bits per heavy atom. The van der Waals surface area contributed by atoms with Gasteiger partial charge in [0.25, 0.3) is 11.9 Å². The summed E-state index contributed by atoms with van der Waals surface area (Å²) in [7, 11) is 3.17. The van der Waals surface area contributed by atoms with Gasteiger partial charge in [0.1, 0.15) is 12.4 Å². The molecule has 0 saturated carbocycles. The number of ether oxygens (including phenoxy) is 3. The molecule has 1 amide bonds. The second kappa shape index (κ2) is 14.0. The van der Waals surface area contributed by atoms with Crippen LogP contribution < -0.4 is 10.1 Å². The normalized spacial score (nSPS) is 12.7. The molecule has 7 heteroatoms. The van der Waals surface area contributed by atoms with Crippen LogP contribution >= 0.6 is 0 Å². The molecule has 1 atom stereocenters. The van der Waals surface area contributed by atoms with Crippen molar-refractivity contribution in [3.05, 3.63) is 29.8 Å². The van der Waals surface area contributed by atoms with Gasteiger partial charge in [0.15, 0.2) is 0 Å². The zero-order valence-electron chi connectivity index (χ0n) is 17.9. The molecule has 0 aliphatic rings. The van der Waals surface area contributed by atoms with Crippen LogP contribution in [0.25, 0.3) is 0 Å². The first-order valence-electron chi connectivity index (χ1n) is 9.91. The molecular weight excluding hydrogens is 358 g/mol. The summed E-state index contributed by atoms with van der Waals surface area (Å²) in [6, 6.07) is 7.22. The Balaban J connectivity index is 2.71. The standard InChI is InChI=1S/C21H35N3O4/c1-6-24(7-2)13-9-10-17(3)22-21(28-15-14-26-4)23-20(25)18-11-8-12-19(16-18)27-5/h8,11-12,16-17H,6-7,9-10,13-15H2,1-5H3,(H,22,23,25)/t17-/m1/s1. The van der Waals surface area contributed by atoms with Crippen LogP contribution in [-0.4, -0.2) is 69.9 Å². The van der Waals surface area contributed by atoms with Crippen LogP contribution in [0.5, 0.6) is 5.75 Å². The molecule has 0 aromatic heterocycles. The van der Waals surface area contributed by atoms with Gasteiger partial charge < -0.3 is 19.1 Å². The van der Waals surface area contributed by atoms with Crippen LogP contribution in [0.1, 0.15) is 44.0 Å². The van der Waals surface area contributed by atoms with Gasteiger partial charge in [-0.05, 0) is 57.6 Å². The van der Waals surface area contributed by atoms with Gasteiger partial charge >= 0.3 is 0 Å². The van der Waals surface area contributed by atoms with Gasteiger partial charge in [-0.1, -0.05) is 19.9 Å². The first-order valence-corrected chi connectivity index (χ1v) is 9.91. The molecule has 158 valence electrons. The zero-order chi connectivity index (χ0) is 20.8. The summed E-state index contributed by atoms with van der Waals surface area (Å²) >= 11 is 0. The van der Waals surface area contributed by atoms with Crippen molar-refractivity contribution in [1.29, 1.82) is 0 Å². The van der Waals surface area contributed by atoms with Crippen LogP contribution in [-0.2, 0) is 9.47 Å². The Kier molecular flexibility index (Phi) is 11.9. The lowest BCUT2D eigenvalue weighted by Crippen LogP contribution is -2.34. The van der Waals surface area contributed by atoms with E-state index in [1.165, 1.54) is 0 Å². The minimum Gasteiger partial charge on any atom is -0.497 e. The average Bonchev–Trinajstić information content (AvgIpc) is 2.71. The lowest BCUT2D eigenvalue weighted by molar-refractivity contribution is 0.0953. The highest BCUT2D eigenvalue weighted by Gasteiger charge is 2.13. The second-order valence-electron chi connectivity index (χ2n) is 6.48. The molecule has 1 N–H and O–H groups in total. The van der Waals surface area contributed by atoms with Crippen molar-refractivity contribution in [2.24, 2.45) is 4.99 Å². The first-order chi connectivity index (χ1) is 13.5. The average molecular weight is 394 g/mol. The molecule has 1 aromatic rings. The van der Waals surface area contributed by atoms with Gasteiger partial charge in [0.05, 0.1) is 19.8 Å². The summed E-state index contributed by atoms with van der Waals surface area (Å²) in [5.41, 5.74) is 0.483. The Morgan fingerprint density at radius 1 is 1.21 bits per heavy atom. The number of nitrogens with zero attached hydrogens (tertiary/aromatic N) is 2. The largest absolute Gasteiger partial charge is 0.497 e. The molecule has 0 aliphatic heterocycles. The highest BCUT2D eigenvalue weighted by molar-refractivity contribution is 6.04. The highest BCUT2D eigenvalue weighted by atomic mass is 16.5. The maximum Gasteiger partial charge on any atom is 0.292 e. The molecule has 0 unspecified atom stereocenters. The van der Waals surface area contributed by atoms with Crippen molar-refractivity contribution in [3.8, 4) is 5.75 Å². The molecule has 0 heterocycles. The number of aliphatic imine (C=N–C) groups is 1. The number of nitrogens with one attached hydrogen (secondary N) is 1. The lowest BCUT2D eigenvalue weighted by Gasteiger charge is -2.18. The van der Waals surface area contributed by atoms with Crippen molar-refractivity contribution in [2.45, 2.75) is 39.7 Å². The maximum atomic E-state index is 12.6. The topological polar surface area (TPSA) is 72.4 Å². The van der Waals surface area contributed by atoms with Gasteiger partial charge in [0.2, 0.25) is 0 Å².